The van der Waals surface area contributed by atoms with Crippen LogP contribution in [0.1, 0.15) is 33.1 Å². The average Bonchev–Trinajstić information content (AvgIpc) is 1.96. The second kappa shape index (κ2) is 4.04. The van der Waals surface area contributed by atoms with E-state index >= 15 is 0 Å². The minimum Gasteiger partial charge on any atom is -0.303 e. The highest BCUT2D eigenvalue weighted by molar-refractivity contribution is 5.76. The minimum absolute atomic E-state index is 0.320. The van der Waals surface area contributed by atoms with Crippen molar-refractivity contribution in [3.63, 3.8) is 0 Å². The van der Waals surface area contributed by atoms with Crippen LogP contribution < -0.4 is 0 Å². The number of hydrogen-bond acceptors (Lipinski definition) is 2. The second-order valence-electron chi connectivity index (χ2n) is 4.17. The van der Waals surface area contributed by atoms with Crippen LogP contribution in [-0.2, 0) is 4.79 Å². The predicted octanol–water partition coefficient (Wildman–Crippen LogP) is 1.70. The van der Waals surface area contributed by atoms with E-state index in [9.17, 15) is 4.79 Å². The van der Waals surface area contributed by atoms with Crippen LogP contribution in [0.3, 0.4) is 0 Å². The fourth-order valence-corrected chi connectivity index (χ4v) is 1.94. The molecule has 0 aromatic heterocycles. The van der Waals surface area contributed by atoms with E-state index in [4.69, 9.17) is 0 Å². The molecule has 0 amide bonds. The first-order valence-electron chi connectivity index (χ1n) is 4.79. The first-order valence-corrected chi connectivity index (χ1v) is 4.79. The molecule has 1 heterocycles. The van der Waals surface area contributed by atoms with Gasteiger partial charge in [0.1, 0.15) is 5.78 Å². The summed E-state index contributed by atoms with van der Waals surface area (Å²) in [4.78, 5) is 13.3. The molecule has 2 heteroatoms. The Hall–Kier alpha value is -0.370. The van der Waals surface area contributed by atoms with Gasteiger partial charge in [-0.05, 0) is 39.3 Å². The highest BCUT2D eigenvalue weighted by Gasteiger charge is 2.23. The monoisotopic (exact) mass is 169 g/mol. The summed E-state index contributed by atoms with van der Waals surface area (Å²) >= 11 is 0. The molecule has 1 rings (SSSR count). The Bertz CT molecular complexity index is 167. The van der Waals surface area contributed by atoms with Gasteiger partial charge in [-0.1, -0.05) is 6.92 Å². The molecule has 0 bridgehead atoms. The Labute approximate surface area is 74.9 Å². The number of rotatable bonds is 2. The lowest BCUT2D eigenvalue weighted by Gasteiger charge is -2.35. The molecule has 2 unspecified atom stereocenters. The zero-order valence-electron chi connectivity index (χ0n) is 8.34. The van der Waals surface area contributed by atoms with Crippen LogP contribution in [0.4, 0.5) is 0 Å². The maximum Gasteiger partial charge on any atom is 0.131 e. The Kier molecular flexibility index (Phi) is 3.27. The normalized spacial score (nSPS) is 31.9. The van der Waals surface area contributed by atoms with E-state index in [0.29, 0.717) is 11.8 Å². The van der Waals surface area contributed by atoms with Gasteiger partial charge in [0.15, 0.2) is 0 Å². The van der Waals surface area contributed by atoms with Gasteiger partial charge in [-0.25, -0.2) is 0 Å². The second-order valence-corrected chi connectivity index (χ2v) is 4.17. The Balaban J connectivity index is 2.43. The van der Waals surface area contributed by atoms with Crippen LogP contribution in [0.15, 0.2) is 0 Å². The molecule has 70 valence electrons. The molecule has 0 aromatic rings. The van der Waals surface area contributed by atoms with Crippen molar-refractivity contribution < 1.29 is 4.79 Å². The molecular weight excluding hydrogens is 150 g/mol. The molecule has 1 fully saturated rings. The molecule has 1 saturated heterocycles. The summed E-state index contributed by atoms with van der Waals surface area (Å²) in [6.07, 6.45) is 3.21. The summed E-state index contributed by atoms with van der Waals surface area (Å²) in [6.45, 7) is 5.12. The highest BCUT2D eigenvalue weighted by Crippen LogP contribution is 2.22. The predicted molar refractivity (Wildman–Crippen MR) is 50.1 cm³/mol. The van der Waals surface area contributed by atoms with Gasteiger partial charge in [-0.3, -0.25) is 4.79 Å². The fourth-order valence-electron chi connectivity index (χ4n) is 1.94. The Morgan fingerprint density at radius 1 is 1.58 bits per heavy atom. The first-order chi connectivity index (χ1) is 5.59. The molecule has 0 aromatic carbocycles. The maximum atomic E-state index is 10.9. The lowest BCUT2D eigenvalue weighted by molar-refractivity contribution is -0.118. The first kappa shape index (κ1) is 9.72. The molecule has 0 radical (unpaired) electrons. The van der Waals surface area contributed by atoms with Crippen molar-refractivity contribution in [3.05, 3.63) is 0 Å². The molecule has 12 heavy (non-hydrogen) atoms. The molecule has 0 saturated carbocycles. The van der Waals surface area contributed by atoms with E-state index in [1.165, 1.54) is 12.8 Å². The molecular formula is C10H19NO. The highest BCUT2D eigenvalue weighted by atomic mass is 16.1. The van der Waals surface area contributed by atoms with Gasteiger partial charge in [0.25, 0.3) is 0 Å². The van der Waals surface area contributed by atoms with Crippen LogP contribution in [0.5, 0.6) is 0 Å². The van der Waals surface area contributed by atoms with Crippen LogP contribution >= 0.6 is 0 Å². The van der Waals surface area contributed by atoms with E-state index < -0.39 is 0 Å². The number of hydrogen-bond donors (Lipinski definition) is 0. The summed E-state index contributed by atoms with van der Waals surface area (Å²) in [6, 6.07) is 0.506. The van der Waals surface area contributed by atoms with E-state index in [1.54, 1.807) is 6.92 Å². The lowest BCUT2D eigenvalue weighted by atomic mass is 9.90. The zero-order chi connectivity index (χ0) is 9.14. The van der Waals surface area contributed by atoms with E-state index in [2.05, 4.69) is 18.9 Å². The van der Waals surface area contributed by atoms with Crippen molar-refractivity contribution in [1.29, 1.82) is 0 Å². The number of Topliss-reactive ketones (excluding diaryl/α,β-unsaturated/α-hetero) is 1. The zero-order valence-corrected chi connectivity index (χ0v) is 8.34. The third-order valence-corrected chi connectivity index (χ3v) is 2.80. The van der Waals surface area contributed by atoms with Gasteiger partial charge >= 0.3 is 0 Å². The van der Waals surface area contributed by atoms with Gasteiger partial charge in [0.05, 0.1) is 0 Å². The molecule has 1 aliphatic heterocycles. The largest absolute Gasteiger partial charge is 0.303 e. The van der Waals surface area contributed by atoms with Crippen LogP contribution in [0, 0.1) is 5.92 Å². The van der Waals surface area contributed by atoms with Crippen molar-refractivity contribution in [2.24, 2.45) is 5.92 Å². The standard InChI is InChI=1S/C10H19NO/c1-8-4-5-11(3)10(6-8)7-9(2)12/h8,10H,4-7H2,1-3H3. The molecule has 2 atom stereocenters. The smallest absolute Gasteiger partial charge is 0.131 e. The van der Waals surface area contributed by atoms with E-state index in [-0.39, 0.29) is 0 Å². The van der Waals surface area contributed by atoms with Crippen LogP contribution in [-0.4, -0.2) is 30.3 Å². The number of ketones is 1. The van der Waals surface area contributed by atoms with Crippen molar-refractivity contribution in [3.8, 4) is 0 Å². The molecule has 2 nitrogen and oxygen atoms in total. The molecule has 0 aliphatic carbocycles. The van der Waals surface area contributed by atoms with Gasteiger partial charge < -0.3 is 4.90 Å². The molecule has 0 N–H and O–H groups in total. The number of nitrogens with zero attached hydrogens (tertiary/aromatic N) is 1. The number of carbonyl (C=O) groups excluding carboxylic acids is 1. The molecule has 0 spiro atoms. The fraction of sp³-hybridized carbons (Fsp3) is 0.900. The number of likely N-dealkylation sites (tertiary alicyclic amines) is 1. The van der Waals surface area contributed by atoms with Crippen molar-refractivity contribution in [1.82, 2.24) is 4.90 Å². The van der Waals surface area contributed by atoms with E-state index in [0.717, 1.165) is 18.9 Å². The topological polar surface area (TPSA) is 20.3 Å². The van der Waals surface area contributed by atoms with Gasteiger partial charge in [0, 0.05) is 12.5 Å². The quantitative estimate of drug-likeness (QED) is 0.627. The number of carbonyl (C=O) groups is 1. The summed E-state index contributed by atoms with van der Waals surface area (Å²) in [5.74, 6) is 1.12. The Morgan fingerprint density at radius 2 is 2.25 bits per heavy atom. The third-order valence-electron chi connectivity index (χ3n) is 2.80. The summed E-state index contributed by atoms with van der Waals surface area (Å²) in [5.41, 5.74) is 0. The van der Waals surface area contributed by atoms with Crippen LogP contribution in [0.25, 0.3) is 0 Å². The van der Waals surface area contributed by atoms with Crippen LogP contribution in [0.2, 0.25) is 0 Å². The minimum atomic E-state index is 0.320. The summed E-state index contributed by atoms with van der Waals surface area (Å²) in [7, 11) is 2.12. The van der Waals surface area contributed by atoms with Crippen molar-refractivity contribution >= 4 is 5.78 Å². The maximum absolute atomic E-state index is 10.9. The third kappa shape index (κ3) is 2.59. The van der Waals surface area contributed by atoms with E-state index in [1.807, 2.05) is 0 Å². The summed E-state index contributed by atoms with van der Waals surface area (Å²) in [5, 5.41) is 0. The van der Waals surface area contributed by atoms with Crippen molar-refractivity contribution in [2.45, 2.75) is 39.2 Å². The van der Waals surface area contributed by atoms with Crippen molar-refractivity contribution in [2.75, 3.05) is 13.6 Å². The van der Waals surface area contributed by atoms with Gasteiger partial charge in [-0.2, -0.15) is 0 Å². The average molecular weight is 169 g/mol. The SMILES string of the molecule is CC(=O)CC1CC(C)CCN1C. The molecule has 1 aliphatic rings. The summed E-state index contributed by atoms with van der Waals surface area (Å²) < 4.78 is 0. The number of piperidine rings is 1. The lowest BCUT2D eigenvalue weighted by Crippen LogP contribution is -2.40. The van der Waals surface area contributed by atoms with Gasteiger partial charge in [0.2, 0.25) is 0 Å². The Morgan fingerprint density at radius 3 is 2.83 bits per heavy atom. The van der Waals surface area contributed by atoms with Gasteiger partial charge in [-0.15, -0.1) is 0 Å².